The van der Waals surface area contributed by atoms with Gasteiger partial charge < -0.3 is 79.8 Å². The van der Waals surface area contributed by atoms with E-state index >= 15 is 0 Å². The lowest BCUT2D eigenvalue weighted by Gasteiger charge is -2.48. The molecule has 0 bridgehead atoms. The standard InChI is InChI=1S/C31H32N4O3.C30H43N5O2.C24H24N6O.C21H28N4O.ClH/c1-6-37-26-15-16-27(28(18-26)36-5)35-21(3)29-20(2)33-34-31(30(29)22(35)4)32-24-13-10-14-25(17-24)38-19-23-11-8-7-9-12-23;1-6-37-24-13-14-25(26(19-24)36-5)35-22(3)27-21(2)32-33-29(28(27)23(35)4)31-20-30(15-9-7-10-16-30)34-17-11-8-12-18-34;1-5-31-20-9-7-19(8-10-20)30-15(3)22-14(2)27-29-24(23(22)16(30)4)26-18-6-11-21-17(12-18)13-25-28-21;1-6-8-13-22-21-20-16(5)25(15(4)19(20)14(3)23-24-21)17-9-11-18(12-10-17)26-7-2;/h7-18H,6,19H2,1-5H3,(H,32,34);13-14,19H,6-12,15-18,20H2,1-5H3,(H,31,33);6-13H,5H2,1-4H3,(H,25,28)(H,26,29);9-12H,6-8,13H2,1-5H3,(H,22,24);1H. The minimum atomic E-state index is 0. The molecular weight excluding hydrogens is 1690 g/mol. The van der Waals surface area contributed by atoms with Gasteiger partial charge in [0.1, 0.15) is 52.5 Å². The van der Waals surface area contributed by atoms with Gasteiger partial charge in [-0.25, -0.2) is 0 Å². The molecule has 0 atom stereocenters. The summed E-state index contributed by atoms with van der Waals surface area (Å²) in [5, 5.41) is 66.3. The van der Waals surface area contributed by atoms with Crippen molar-refractivity contribution in [2.45, 2.75) is 194 Å². The minimum absolute atomic E-state index is 0. The topological polar surface area (TPSA) is 272 Å². The molecule has 2 fully saturated rings. The maximum atomic E-state index is 6.03. The predicted octanol–water partition coefficient (Wildman–Crippen LogP) is 19.5. The van der Waals surface area contributed by atoms with Crippen LogP contribution in [0, 0.1) is 83.1 Å². The Balaban J connectivity index is 0.000000143. The van der Waals surface area contributed by atoms with Gasteiger partial charge in [-0.3, -0.25) is 15.3 Å². The van der Waals surface area contributed by atoms with Crippen molar-refractivity contribution in [2.75, 3.05) is 82.8 Å². The summed E-state index contributed by atoms with van der Waals surface area (Å²) in [6.45, 7) is 42.7. The molecule has 133 heavy (non-hydrogen) atoms. The molecule has 26 nitrogen and oxygen atoms in total. The molecule has 1 aliphatic carbocycles. The SMILES string of the molecule is CCCCNc1nnc(C)c2c(C)n(-c3ccc(OCC)cc3)c(C)c12.CCOc1ccc(-n2c(C)c3c(C)nnc(NCC4(N5CCCCC5)CCCCC4)c3c2C)c(OC)c1.CCOc1ccc(-n2c(C)c3c(C)nnc(Nc4cccc(OCc5ccccc5)c4)c3c2C)c(OC)c1.CCOc1ccc(-n2c(C)c3c(C)nnc([NH2+]c4ccc5[nH]ncc5c4)c3c2C)cc1.[Cl-]. The monoisotopic (exact) mass is 1810 g/mol. The highest BCUT2D eigenvalue weighted by Crippen LogP contribution is 2.44. The number of nitrogens with two attached hydrogens (primary N) is 1. The molecule has 27 heteroatoms. The highest BCUT2D eigenvalue weighted by Gasteiger charge is 2.39. The Morgan fingerprint density at radius 2 is 0.857 bits per heavy atom. The fourth-order valence-corrected chi connectivity index (χ4v) is 19.6. The number of hydrogen-bond acceptors (Lipinski definition) is 20. The first-order valence-corrected chi connectivity index (χ1v) is 46.7. The summed E-state index contributed by atoms with van der Waals surface area (Å²) >= 11 is 0. The van der Waals surface area contributed by atoms with Crippen molar-refractivity contribution >= 4 is 88.6 Å². The number of aromatic nitrogens is 14. The van der Waals surface area contributed by atoms with Gasteiger partial charge in [-0.05, 0) is 253 Å². The lowest BCUT2D eigenvalue weighted by atomic mass is 9.79. The van der Waals surface area contributed by atoms with E-state index in [4.69, 9.17) is 38.3 Å². The number of ether oxygens (including phenoxy) is 7. The van der Waals surface area contributed by atoms with Crippen LogP contribution < -0.4 is 66.8 Å². The van der Waals surface area contributed by atoms with Crippen molar-refractivity contribution in [3.05, 3.63) is 238 Å². The Kier molecular flexibility index (Phi) is 31.2. The normalized spacial score (nSPS) is 13.0. The molecule has 0 radical (unpaired) electrons. The van der Waals surface area contributed by atoms with E-state index in [0.29, 0.717) is 38.9 Å². The predicted molar refractivity (Wildman–Crippen MR) is 531 cm³/mol. The van der Waals surface area contributed by atoms with Crippen molar-refractivity contribution in [1.29, 1.82) is 0 Å². The van der Waals surface area contributed by atoms with Crippen molar-refractivity contribution in [3.63, 3.8) is 0 Å². The van der Waals surface area contributed by atoms with E-state index in [-0.39, 0.29) is 17.9 Å². The van der Waals surface area contributed by atoms with Crippen molar-refractivity contribution in [3.8, 4) is 63.0 Å². The van der Waals surface area contributed by atoms with E-state index in [1.807, 2.05) is 158 Å². The van der Waals surface area contributed by atoms with Gasteiger partial charge in [0, 0.05) is 155 Å². The number of piperidine rings is 1. The summed E-state index contributed by atoms with van der Waals surface area (Å²) in [7, 11) is 3.39. The molecule has 0 unspecified atom stereocenters. The molecule has 1 saturated heterocycles. The molecule has 1 saturated carbocycles. The second-order valence-electron chi connectivity index (χ2n) is 34.2. The van der Waals surface area contributed by atoms with Crippen LogP contribution in [0.4, 0.5) is 34.6 Å². The molecule has 10 heterocycles. The van der Waals surface area contributed by atoms with Crippen LogP contribution in [0.5, 0.6) is 40.2 Å². The molecule has 0 spiro atoms. The van der Waals surface area contributed by atoms with E-state index in [2.05, 4.69) is 214 Å². The largest absolute Gasteiger partial charge is 1.00 e. The third-order valence-electron chi connectivity index (χ3n) is 25.7. The molecule has 16 aromatic rings. The van der Waals surface area contributed by atoms with E-state index in [9.17, 15) is 0 Å². The third kappa shape index (κ3) is 20.4. The number of nitrogens with zero attached hydrogens (tertiary/aromatic N) is 14. The summed E-state index contributed by atoms with van der Waals surface area (Å²) in [4.78, 5) is 2.79. The molecule has 2 aliphatic rings. The molecule has 0 amide bonds. The van der Waals surface area contributed by atoms with Gasteiger partial charge in [0.25, 0.3) is 5.82 Å². The number of H-pyrrole nitrogens is 1. The Bertz CT molecular complexity index is 6710. The quantitative estimate of drug-likeness (QED) is 0.0215. The lowest BCUT2D eigenvalue weighted by molar-refractivity contribution is -0.481. The first kappa shape index (κ1) is 95.8. The van der Waals surface area contributed by atoms with Crippen LogP contribution in [0.1, 0.15) is 173 Å². The number of methoxy groups -OCH3 is 2. The molecule has 9 aromatic heterocycles. The summed E-state index contributed by atoms with van der Waals surface area (Å²) in [5.41, 5.74) is 21.2. The smallest absolute Gasteiger partial charge is 0.258 e. The number of nitrogens with one attached hydrogen (secondary N) is 4. The van der Waals surface area contributed by atoms with Gasteiger partial charge in [0.05, 0.1) is 91.9 Å². The van der Waals surface area contributed by atoms with Crippen LogP contribution >= 0.6 is 0 Å². The van der Waals surface area contributed by atoms with Gasteiger partial charge in [0.15, 0.2) is 17.5 Å². The van der Waals surface area contributed by atoms with Gasteiger partial charge in [0.2, 0.25) is 0 Å². The van der Waals surface area contributed by atoms with Crippen LogP contribution in [-0.4, -0.2) is 147 Å². The fraction of sp³-hybridized carbons (Fsp3) is 0.368. The Hall–Kier alpha value is -13.3. The van der Waals surface area contributed by atoms with Crippen LogP contribution in [0.2, 0.25) is 0 Å². The number of hydrogen-bond donors (Lipinski definition) is 5. The van der Waals surface area contributed by atoms with Crippen LogP contribution in [-0.2, 0) is 6.61 Å². The van der Waals surface area contributed by atoms with E-state index in [1.165, 1.54) is 92.0 Å². The van der Waals surface area contributed by atoms with E-state index < -0.39 is 0 Å². The molecule has 18 rings (SSSR count). The number of unbranched alkanes of at least 4 members (excludes halogenated alkanes) is 1. The summed E-state index contributed by atoms with van der Waals surface area (Å²) in [6, 6.07) is 52.7. The summed E-state index contributed by atoms with van der Waals surface area (Å²) < 4.78 is 49.2. The van der Waals surface area contributed by atoms with Crippen LogP contribution in [0.25, 0.3) is 76.7 Å². The molecule has 6 N–H and O–H groups in total. The zero-order valence-corrected chi connectivity index (χ0v) is 81.4. The zero-order chi connectivity index (χ0) is 92.9. The average Bonchev–Trinajstić information content (AvgIpc) is 1.60. The molecule has 696 valence electrons. The molecular formula is C106H128ClN19O7. The zero-order valence-electron chi connectivity index (χ0n) is 80.6. The molecule has 7 aromatic carbocycles. The number of anilines is 4. The number of quaternary nitrogens is 1. The number of fused-ring (bicyclic) bond motifs is 5. The van der Waals surface area contributed by atoms with Gasteiger partial charge in [-0.1, -0.05) is 80.5 Å². The van der Waals surface area contributed by atoms with E-state index in [0.717, 1.165) is 218 Å². The summed E-state index contributed by atoms with van der Waals surface area (Å²) in [5.74, 6) is 8.99. The maximum absolute atomic E-state index is 6.03. The van der Waals surface area contributed by atoms with Gasteiger partial charge in [-0.15, -0.1) is 20.4 Å². The number of aryl methyl sites for hydroxylation is 12. The van der Waals surface area contributed by atoms with E-state index in [1.54, 1.807) is 14.2 Å². The maximum Gasteiger partial charge on any atom is 0.258 e. The number of halogens is 1. The highest BCUT2D eigenvalue weighted by molar-refractivity contribution is 6.02. The van der Waals surface area contributed by atoms with Gasteiger partial charge >= 0.3 is 0 Å². The Morgan fingerprint density at radius 3 is 1.38 bits per heavy atom. The summed E-state index contributed by atoms with van der Waals surface area (Å²) in [6.07, 6.45) is 14.6. The Morgan fingerprint density at radius 1 is 0.406 bits per heavy atom. The van der Waals surface area contributed by atoms with Gasteiger partial charge in [-0.2, -0.15) is 20.4 Å². The fourth-order valence-electron chi connectivity index (χ4n) is 19.6. The molecule has 1 aliphatic heterocycles. The first-order chi connectivity index (χ1) is 64.1. The minimum Gasteiger partial charge on any atom is -1.00 e. The lowest BCUT2D eigenvalue weighted by Crippen LogP contribution is -3.00. The average molecular weight is 1820 g/mol. The van der Waals surface area contributed by atoms with Crippen molar-refractivity contribution in [2.24, 2.45) is 0 Å². The number of benzene rings is 7. The number of likely N-dealkylation sites (tertiary alicyclic amines) is 1. The highest BCUT2D eigenvalue weighted by atomic mass is 35.5. The second kappa shape index (κ2) is 43.4. The van der Waals surface area contributed by atoms with Crippen molar-refractivity contribution in [1.82, 2.24) is 74.2 Å². The third-order valence-corrected chi connectivity index (χ3v) is 25.7. The van der Waals surface area contributed by atoms with Crippen molar-refractivity contribution < 1.29 is 50.9 Å². The number of rotatable bonds is 29. The second-order valence-corrected chi connectivity index (χ2v) is 34.2. The van der Waals surface area contributed by atoms with Crippen LogP contribution in [0.15, 0.2) is 164 Å². The van der Waals surface area contributed by atoms with Crippen LogP contribution in [0.3, 0.4) is 0 Å². The number of aromatic amines is 1. The Labute approximate surface area is 786 Å². The first-order valence-electron chi connectivity index (χ1n) is 46.7.